The van der Waals surface area contributed by atoms with E-state index in [1.165, 1.54) is 12.1 Å². The monoisotopic (exact) mass is 433 g/mol. The number of hydrogen-bond donors (Lipinski definition) is 2. The molecule has 2 aromatic carbocycles. The minimum absolute atomic E-state index is 0.0286. The lowest BCUT2D eigenvalue weighted by Gasteiger charge is -2.22. The first-order valence-electron chi connectivity index (χ1n) is 8.29. The van der Waals surface area contributed by atoms with Crippen molar-refractivity contribution in [3.63, 3.8) is 0 Å². The molecule has 1 unspecified atom stereocenters. The highest BCUT2D eigenvalue weighted by molar-refractivity contribution is 9.10. The van der Waals surface area contributed by atoms with E-state index in [9.17, 15) is 18.8 Å². The standard InChI is InChI=1S/C19H17BrFN3O3/c1-10(2)16(17(25)22-15-8-7-11(20)9-13(15)21)24-18(26)12-5-3-4-6-14(12)23-19(24)27/h3-10,16H,1-2H3,(H,22,25)(H,23,27). The quantitative estimate of drug-likeness (QED) is 0.660. The molecule has 8 heteroatoms. The van der Waals surface area contributed by atoms with E-state index in [0.29, 0.717) is 15.4 Å². The van der Waals surface area contributed by atoms with Crippen LogP contribution in [0.1, 0.15) is 19.9 Å². The Hall–Kier alpha value is -2.74. The van der Waals surface area contributed by atoms with Gasteiger partial charge in [-0.2, -0.15) is 0 Å². The van der Waals surface area contributed by atoms with Gasteiger partial charge in [0.05, 0.1) is 16.6 Å². The third kappa shape index (κ3) is 3.71. The van der Waals surface area contributed by atoms with Gasteiger partial charge in [-0.05, 0) is 36.2 Å². The molecule has 0 saturated carbocycles. The summed E-state index contributed by atoms with van der Waals surface area (Å²) in [7, 11) is 0. The van der Waals surface area contributed by atoms with E-state index >= 15 is 0 Å². The topological polar surface area (TPSA) is 84.0 Å². The molecule has 1 amide bonds. The Balaban J connectivity index is 2.08. The number of carbonyl (C=O) groups excluding carboxylic acids is 1. The van der Waals surface area contributed by atoms with E-state index < -0.39 is 29.0 Å². The molecule has 27 heavy (non-hydrogen) atoms. The highest BCUT2D eigenvalue weighted by Gasteiger charge is 2.28. The molecule has 0 aliphatic carbocycles. The predicted molar refractivity (Wildman–Crippen MR) is 105 cm³/mol. The Labute approximate surface area is 162 Å². The number of H-pyrrole nitrogens is 1. The Morgan fingerprint density at radius 1 is 1.19 bits per heavy atom. The number of aromatic amines is 1. The summed E-state index contributed by atoms with van der Waals surface area (Å²) in [4.78, 5) is 40.8. The Kier molecular flexibility index (Phi) is 5.27. The van der Waals surface area contributed by atoms with Crippen LogP contribution in [0.15, 0.2) is 56.5 Å². The fourth-order valence-electron chi connectivity index (χ4n) is 2.94. The summed E-state index contributed by atoms with van der Waals surface area (Å²) in [6, 6.07) is 9.67. The molecule has 1 atom stereocenters. The average Bonchev–Trinajstić information content (AvgIpc) is 2.60. The fraction of sp³-hybridized carbons (Fsp3) is 0.211. The molecule has 0 saturated heterocycles. The van der Waals surface area contributed by atoms with Gasteiger partial charge >= 0.3 is 5.69 Å². The Morgan fingerprint density at radius 2 is 1.89 bits per heavy atom. The van der Waals surface area contributed by atoms with Crippen LogP contribution < -0.4 is 16.6 Å². The molecular formula is C19H17BrFN3O3. The third-order valence-corrected chi connectivity index (χ3v) is 4.70. The molecule has 0 spiro atoms. The summed E-state index contributed by atoms with van der Waals surface area (Å²) in [6.07, 6.45) is 0. The third-order valence-electron chi connectivity index (χ3n) is 4.20. The van der Waals surface area contributed by atoms with Crippen molar-refractivity contribution in [3.8, 4) is 0 Å². The van der Waals surface area contributed by atoms with Gasteiger partial charge in [-0.15, -0.1) is 0 Å². The smallest absolute Gasteiger partial charge is 0.322 e. The zero-order valence-electron chi connectivity index (χ0n) is 14.6. The zero-order chi connectivity index (χ0) is 19.7. The van der Waals surface area contributed by atoms with Crippen LogP contribution >= 0.6 is 15.9 Å². The number of hydrogen-bond acceptors (Lipinski definition) is 3. The van der Waals surface area contributed by atoms with Gasteiger partial charge in [0.1, 0.15) is 11.9 Å². The summed E-state index contributed by atoms with van der Waals surface area (Å²) in [5.41, 5.74) is -0.895. The Bertz CT molecular complexity index is 1140. The van der Waals surface area contributed by atoms with E-state index in [2.05, 4.69) is 26.2 Å². The summed E-state index contributed by atoms with van der Waals surface area (Å²) in [5, 5.41) is 2.77. The van der Waals surface area contributed by atoms with Gasteiger partial charge in [0.25, 0.3) is 5.56 Å². The van der Waals surface area contributed by atoms with Gasteiger partial charge in [-0.25, -0.2) is 13.8 Å². The van der Waals surface area contributed by atoms with E-state index in [1.54, 1.807) is 44.2 Å². The van der Waals surface area contributed by atoms with Crippen LogP contribution in [-0.2, 0) is 4.79 Å². The molecule has 3 rings (SSSR count). The number of anilines is 1. The highest BCUT2D eigenvalue weighted by atomic mass is 79.9. The minimum Gasteiger partial charge on any atom is -0.322 e. The van der Waals surface area contributed by atoms with Crippen molar-refractivity contribution in [2.75, 3.05) is 5.32 Å². The molecule has 0 radical (unpaired) electrons. The SMILES string of the molecule is CC(C)C(C(=O)Nc1ccc(Br)cc1F)n1c(=O)[nH]c2ccccc2c1=O. The lowest BCUT2D eigenvalue weighted by Crippen LogP contribution is -2.44. The molecule has 6 nitrogen and oxygen atoms in total. The number of rotatable bonds is 4. The number of halogens is 2. The van der Waals surface area contributed by atoms with Crippen molar-refractivity contribution in [2.24, 2.45) is 5.92 Å². The molecule has 0 fully saturated rings. The molecule has 3 aromatic rings. The number of aromatic nitrogens is 2. The second-order valence-corrected chi connectivity index (χ2v) is 7.37. The van der Waals surface area contributed by atoms with Crippen LogP contribution in [-0.4, -0.2) is 15.5 Å². The number of para-hydroxylation sites is 1. The number of amides is 1. The van der Waals surface area contributed by atoms with Crippen LogP contribution in [0, 0.1) is 11.7 Å². The maximum Gasteiger partial charge on any atom is 0.329 e. The van der Waals surface area contributed by atoms with E-state index in [0.717, 1.165) is 4.57 Å². The molecule has 0 bridgehead atoms. The van der Waals surface area contributed by atoms with Crippen LogP contribution in [0.4, 0.5) is 10.1 Å². The molecule has 140 valence electrons. The summed E-state index contributed by atoms with van der Waals surface area (Å²) in [6.45, 7) is 3.42. The predicted octanol–water partition coefficient (Wildman–Crippen LogP) is 3.43. The highest BCUT2D eigenvalue weighted by Crippen LogP contribution is 2.22. The van der Waals surface area contributed by atoms with E-state index in [4.69, 9.17) is 0 Å². The van der Waals surface area contributed by atoms with Crippen molar-refractivity contribution in [1.29, 1.82) is 0 Å². The van der Waals surface area contributed by atoms with E-state index in [1.807, 2.05) is 0 Å². The van der Waals surface area contributed by atoms with E-state index in [-0.39, 0.29) is 11.6 Å². The Morgan fingerprint density at radius 3 is 2.56 bits per heavy atom. The van der Waals surface area contributed by atoms with Gasteiger partial charge < -0.3 is 10.3 Å². The first kappa shape index (κ1) is 19.0. The summed E-state index contributed by atoms with van der Waals surface area (Å²) in [5.74, 6) is -1.66. The van der Waals surface area contributed by atoms with Gasteiger partial charge in [0, 0.05) is 4.47 Å². The minimum atomic E-state index is -1.10. The number of carbonyl (C=O) groups is 1. The van der Waals surface area contributed by atoms with Crippen molar-refractivity contribution in [2.45, 2.75) is 19.9 Å². The van der Waals surface area contributed by atoms with Crippen molar-refractivity contribution in [3.05, 3.63) is 73.6 Å². The molecule has 0 aliphatic heterocycles. The van der Waals surface area contributed by atoms with Crippen molar-refractivity contribution >= 4 is 38.4 Å². The van der Waals surface area contributed by atoms with Gasteiger partial charge in [0.15, 0.2) is 0 Å². The molecule has 1 heterocycles. The van der Waals surface area contributed by atoms with Crippen LogP contribution in [0.5, 0.6) is 0 Å². The number of fused-ring (bicyclic) bond motifs is 1. The summed E-state index contributed by atoms with van der Waals surface area (Å²) >= 11 is 3.15. The lowest BCUT2D eigenvalue weighted by atomic mass is 10.0. The van der Waals surface area contributed by atoms with Gasteiger partial charge in [-0.1, -0.05) is 41.9 Å². The average molecular weight is 434 g/mol. The summed E-state index contributed by atoms with van der Waals surface area (Å²) < 4.78 is 15.5. The van der Waals surface area contributed by atoms with Crippen molar-refractivity contribution in [1.82, 2.24) is 9.55 Å². The lowest BCUT2D eigenvalue weighted by molar-refractivity contribution is -0.120. The first-order valence-corrected chi connectivity index (χ1v) is 9.08. The fourth-order valence-corrected chi connectivity index (χ4v) is 3.28. The molecule has 2 N–H and O–H groups in total. The van der Waals surface area contributed by atoms with Gasteiger partial charge in [-0.3, -0.25) is 9.59 Å². The second-order valence-electron chi connectivity index (χ2n) is 6.45. The molecule has 0 aliphatic rings. The molecule has 1 aromatic heterocycles. The molecular weight excluding hydrogens is 417 g/mol. The van der Waals surface area contributed by atoms with Crippen LogP contribution in [0.2, 0.25) is 0 Å². The first-order chi connectivity index (χ1) is 12.8. The largest absolute Gasteiger partial charge is 0.329 e. The maximum absolute atomic E-state index is 14.1. The number of benzene rings is 2. The zero-order valence-corrected chi connectivity index (χ0v) is 16.2. The van der Waals surface area contributed by atoms with Crippen molar-refractivity contribution < 1.29 is 9.18 Å². The van der Waals surface area contributed by atoms with Crippen LogP contribution in [0.25, 0.3) is 10.9 Å². The van der Waals surface area contributed by atoms with Crippen LogP contribution in [0.3, 0.4) is 0 Å². The van der Waals surface area contributed by atoms with Gasteiger partial charge in [0.2, 0.25) is 5.91 Å². The normalized spacial score (nSPS) is 12.3. The number of nitrogens with zero attached hydrogens (tertiary/aromatic N) is 1. The maximum atomic E-state index is 14.1. The number of nitrogens with one attached hydrogen (secondary N) is 2. The second kappa shape index (κ2) is 7.48.